The Morgan fingerprint density at radius 1 is 1.11 bits per heavy atom. The van der Waals surface area contributed by atoms with Gasteiger partial charge in [-0.15, -0.1) is 11.3 Å². The first kappa shape index (κ1) is 29.1. The van der Waals surface area contributed by atoms with Crippen LogP contribution >= 0.6 is 27.3 Å². The van der Waals surface area contributed by atoms with Gasteiger partial charge in [0, 0.05) is 13.5 Å². The van der Waals surface area contributed by atoms with Gasteiger partial charge in [0.05, 0.1) is 44.2 Å². The number of anilines is 1. The number of thiophene rings is 1. The van der Waals surface area contributed by atoms with Crippen LogP contribution in [0.3, 0.4) is 0 Å². The molecule has 1 aromatic heterocycles. The normalized spacial score (nSPS) is 16.3. The van der Waals surface area contributed by atoms with Gasteiger partial charge in [-0.2, -0.15) is 26.3 Å². The Balaban J connectivity index is 1.99. The summed E-state index contributed by atoms with van der Waals surface area (Å²) in [5.74, 6) is -0.542. The highest BCUT2D eigenvalue weighted by Gasteiger charge is 2.38. The number of fused-ring (bicyclic) bond motifs is 1. The predicted molar refractivity (Wildman–Crippen MR) is 127 cm³/mol. The number of benzene rings is 1. The standard InChI is InChI=1S/C23H23BrF6N2O4S/c1-12(2)35-21(34)36-32-6-4-5-17(20-18(32)10-19(24)37-20)31(13(3)33)11-14-7-15(22(25,26)27)9-16(8-14)23(28,29)30/h7-10,12,17H,4-6,11H2,1-3H3. The number of carbonyl (C=O) groups excluding carboxylic acids is 2. The second-order valence-electron chi connectivity index (χ2n) is 8.63. The highest BCUT2D eigenvalue weighted by atomic mass is 79.9. The molecular weight excluding hydrogens is 594 g/mol. The molecule has 1 atom stereocenters. The quantitative estimate of drug-likeness (QED) is 0.254. The SMILES string of the molecule is CC(=O)N(Cc1cc(C(F)(F)F)cc(C(F)(F)F)c1)C1CCCN(OC(=O)OC(C)C)c2cc(Br)sc21. The molecule has 0 N–H and O–H groups in total. The summed E-state index contributed by atoms with van der Waals surface area (Å²) in [4.78, 5) is 31.9. The highest BCUT2D eigenvalue weighted by Crippen LogP contribution is 2.45. The van der Waals surface area contributed by atoms with E-state index in [2.05, 4.69) is 15.9 Å². The molecule has 2 aromatic rings. The molecule has 0 saturated heterocycles. The van der Waals surface area contributed by atoms with Crippen LogP contribution in [0.4, 0.5) is 36.8 Å². The van der Waals surface area contributed by atoms with Gasteiger partial charge in [-0.3, -0.25) is 4.79 Å². The Morgan fingerprint density at radius 3 is 2.22 bits per heavy atom. The molecular formula is C23H23BrF6N2O4S. The van der Waals surface area contributed by atoms with Gasteiger partial charge >= 0.3 is 18.5 Å². The first-order valence-corrected chi connectivity index (χ1v) is 12.7. The van der Waals surface area contributed by atoms with E-state index in [1.165, 1.54) is 28.2 Å². The number of amides is 1. The largest absolute Gasteiger partial charge is 0.533 e. The van der Waals surface area contributed by atoms with Crippen LogP contribution in [-0.4, -0.2) is 29.6 Å². The molecule has 1 amide bonds. The molecule has 0 radical (unpaired) electrons. The average molecular weight is 617 g/mol. The van der Waals surface area contributed by atoms with E-state index in [0.717, 1.165) is 0 Å². The lowest BCUT2D eigenvalue weighted by molar-refractivity contribution is -0.143. The minimum atomic E-state index is -5.01. The monoisotopic (exact) mass is 616 g/mol. The van der Waals surface area contributed by atoms with E-state index in [9.17, 15) is 35.9 Å². The lowest BCUT2D eigenvalue weighted by Crippen LogP contribution is -2.32. The minimum absolute atomic E-state index is 0.0488. The number of halogens is 7. The summed E-state index contributed by atoms with van der Waals surface area (Å²) in [7, 11) is 0. The van der Waals surface area contributed by atoms with Gasteiger partial charge in [-0.25, -0.2) is 9.86 Å². The molecule has 2 heterocycles. The van der Waals surface area contributed by atoms with Crippen LogP contribution in [0.25, 0.3) is 0 Å². The summed E-state index contributed by atoms with van der Waals surface area (Å²) in [6, 6.07) is 2.25. The summed E-state index contributed by atoms with van der Waals surface area (Å²) < 4.78 is 85.8. The number of ether oxygens (including phenoxy) is 1. The van der Waals surface area contributed by atoms with E-state index < -0.39 is 54.2 Å². The first-order chi connectivity index (χ1) is 17.1. The Hall–Kier alpha value is -2.48. The maximum atomic E-state index is 13.4. The Morgan fingerprint density at radius 2 is 1.70 bits per heavy atom. The number of nitrogens with zero attached hydrogens (tertiary/aromatic N) is 2. The van der Waals surface area contributed by atoms with Gasteiger partial charge in [0.25, 0.3) is 0 Å². The van der Waals surface area contributed by atoms with E-state index >= 15 is 0 Å². The molecule has 37 heavy (non-hydrogen) atoms. The molecule has 0 saturated carbocycles. The van der Waals surface area contributed by atoms with Crippen LogP contribution in [0.15, 0.2) is 28.1 Å². The van der Waals surface area contributed by atoms with Crippen molar-refractivity contribution in [2.24, 2.45) is 0 Å². The minimum Gasteiger partial charge on any atom is -0.430 e. The van der Waals surface area contributed by atoms with Crippen molar-refractivity contribution >= 4 is 45.0 Å². The zero-order chi connectivity index (χ0) is 27.7. The third kappa shape index (κ3) is 7.30. The number of hydrogen-bond acceptors (Lipinski definition) is 6. The van der Waals surface area contributed by atoms with Crippen LogP contribution < -0.4 is 5.06 Å². The Labute approximate surface area is 221 Å². The van der Waals surface area contributed by atoms with E-state index in [0.29, 0.717) is 39.3 Å². The fraction of sp³-hybridized carbons (Fsp3) is 0.478. The van der Waals surface area contributed by atoms with E-state index in [1.807, 2.05) is 0 Å². The molecule has 1 aromatic carbocycles. The smallest absolute Gasteiger partial charge is 0.430 e. The van der Waals surface area contributed by atoms with E-state index in [1.54, 1.807) is 19.9 Å². The van der Waals surface area contributed by atoms with Gasteiger partial charge in [0.2, 0.25) is 5.91 Å². The van der Waals surface area contributed by atoms with Crippen molar-refractivity contribution in [2.45, 2.75) is 64.7 Å². The molecule has 0 bridgehead atoms. The van der Waals surface area contributed by atoms with Crippen molar-refractivity contribution < 1.29 is 45.5 Å². The highest BCUT2D eigenvalue weighted by molar-refractivity contribution is 9.11. The zero-order valence-corrected chi connectivity index (χ0v) is 22.3. The summed E-state index contributed by atoms with van der Waals surface area (Å²) in [5, 5.41) is 1.31. The second-order valence-corrected chi connectivity index (χ2v) is 11.1. The molecule has 0 spiro atoms. The van der Waals surface area contributed by atoms with Gasteiger partial charge in [0.15, 0.2) is 0 Å². The molecule has 1 aliphatic heterocycles. The second kappa shape index (κ2) is 11.1. The summed E-state index contributed by atoms with van der Waals surface area (Å²) in [6.07, 6.45) is -10.7. The van der Waals surface area contributed by atoms with Crippen molar-refractivity contribution in [2.75, 3.05) is 11.6 Å². The molecule has 0 aliphatic carbocycles. The van der Waals surface area contributed by atoms with Crippen molar-refractivity contribution in [3.05, 3.63) is 49.6 Å². The van der Waals surface area contributed by atoms with Crippen LogP contribution in [0.5, 0.6) is 0 Å². The number of carbonyl (C=O) groups is 2. The van der Waals surface area contributed by atoms with Crippen molar-refractivity contribution in [3.8, 4) is 0 Å². The average Bonchev–Trinajstić information content (AvgIpc) is 3.06. The lowest BCUT2D eigenvalue weighted by Gasteiger charge is -2.31. The van der Waals surface area contributed by atoms with E-state index in [-0.39, 0.29) is 18.2 Å². The number of hydroxylamine groups is 1. The maximum absolute atomic E-state index is 13.4. The molecule has 3 rings (SSSR count). The van der Waals surface area contributed by atoms with Gasteiger partial charge in [0.1, 0.15) is 0 Å². The summed E-state index contributed by atoms with van der Waals surface area (Å²) >= 11 is 4.58. The third-order valence-corrected chi connectivity index (χ3v) is 7.15. The fourth-order valence-corrected chi connectivity index (χ4v) is 5.69. The van der Waals surface area contributed by atoms with Gasteiger partial charge in [-0.1, -0.05) is 0 Å². The number of rotatable bonds is 5. The number of alkyl halides is 6. The molecule has 6 nitrogen and oxygen atoms in total. The van der Waals surface area contributed by atoms with Crippen LogP contribution in [0.2, 0.25) is 0 Å². The van der Waals surface area contributed by atoms with E-state index in [4.69, 9.17) is 9.57 Å². The summed E-state index contributed by atoms with van der Waals surface area (Å²) in [6.45, 7) is 4.23. The third-order valence-electron chi connectivity index (χ3n) is 5.42. The lowest BCUT2D eigenvalue weighted by atomic mass is 10.0. The van der Waals surface area contributed by atoms with Crippen LogP contribution in [0, 0.1) is 0 Å². The van der Waals surface area contributed by atoms with Crippen LogP contribution in [0.1, 0.15) is 61.2 Å². The van der Waals surface area contributed by atoms with Gasteiger partial charge in [-0.05, 0) is 72.4 Å². The number of hydrogen-bond donors (Lipinski definition) is 0. The van der Waals surface area contributed by atoms with Gasteiger partial charge < -0.3 is 14.5 Å². The first-order valence-electron chi connectivity index (χ1n) is 11.1. The van der Waals surface area contributed by atoms with Crippen molar-refractivity contribution in [3.63, 3.8) is 0 Å². The molecule has 1 aliphatic rings. The molecule has 0 fully saturated rings. The topological polar surface area (TPSA) is 59.1 Å². The zero-order valence-electron chi connectivity index (χ0n) is 19.9. The Bertz CT molecular complexity index is 1120. The predicted octanol–water partition coefficient (Wildman–Crippen LogP) is 7.71. The molecule has 204 valence electrons. The fourth-order valence-electron chi connectivity index (χ4n) is 3.92. The van der Waals surface area contributed by atoms with Crippen LogP contribution in [-0.2, 0) is 33.3 Å². The van der Waals surface area contributed by atoms with Crippen molar-refractivity contribution in [1.82, 2.24) is 4.90 Å². The van der Waals surface area contributed by atoms with Crippen molar-refractivity contribution in [1.29, 1.82) is 0 Å². The maximum Gasteiger partial charge on any atom is 0.533 e. The Kier molecular flexibility index (Phi) is 8.72. The molecule has 1 unspecified atom stereocenters. The molecule has 14 heteroatoms. The summed E-state index contributed by atoms with van der Waals surface area (Å²) in [5.41, 5.74) is -2.78.